The molecule has 5 nitrogen and oxygen atoms in total. The summed E-state index contributed by atoms with van der Waals surface area (Å²) in [5, 5.41) is 0. The van der Waals surface area contributed by atoms with Crippen LogP contribution in [-0.2, 0) is 10.7 Å². The molecule has 6 heteroatoms. The number of nitrogens with zero attached hydrogens (tertiary/aromatic N) is 3. The Bertz CT molecular complexity index is 683. The monoisotopic (exact) mass is 307 g/mol. The SMILES string of the molecule is COc1ccc2nc(CCl)n(C3CCC(=O)N(C)C3)c2c1. The second-order valence-corrected chi connectivity index (χ2v) is 5.62. The van der Waals surface area contributed by atoms with Crippen molar-refractivity contribution in [3.8, 4) is 5.75 Å². The number of amides is 1. The van der Waals surface area contributed by atoms with E-state index >= 15 is 0 Å². The van der Waals surface area contributed by atoms with E-state index in [9.17, 15) is 4.79 Å². The van der Waals surface area contributed by atoms with Crippen molar-refractivity contribution >= 4 is 28.5 Å². The summed E-state index contributed by atoms with van der Waals surface area (Å²) in [6, 6.07) is 6.03. The number of likely N-dealkylation sites (N-methyl/N-ethyl adjacent to an activating group) is 1. The van der Waals surface area contributed by atoms with Crippen LogP contribution in [0.15, 0.2) is 18.2 Å². The Balaban J connectivity index is 2.08. The molecule has 3 rings (SSSR count). The Morgan fingerprint density at radius 3 is 2.95 bits per heavy atom. The molecule has 0 radical (unpaired) electrons. The van der Waals surface area contributed by atoms with Gasteiger partial charge in [-0.3, -0.25) is 4.79 Å². The van der Waals surface area contributed by atoms with Gasteiger partial charge in [0.15, 0.2) is 0 Å². The summed E-state index contributed by atoms with van der Waals surface area (Å²) in [4.78, 5) is 18.1. The van der Waals surface area contributed by atoms with Gasteiger partial charge in [0, 0.05) is 26.1 Å². The maximum atomic E-state index is 11.7. The number of alkyl halides is 1. The largest absolute Gasteiger partial charge is 0.497 e. The lowest BCUT2D eigenvalue weighted by atomic mass is 10.0. The fraction of sp³-hybridized carbons (Fsp3) is 0.467. The molecule has 1 aliphatic rings. The summed E-state index contributed by atoms with van der Waals surface area (Å²) in [6.07, 6.45) is 1.38. The zero-order chi connectivity index (χ0) is 15.0. The van der Waals surface area contributed by atoms with Gasteiger partial charge >= 0.3 is 0 Å². The number of piperidine rings is 1. The van der Waals surface area contributed by atoms with Crippen LogP contribution in [-0.4, -0.2) is 41.1 Å². The van der Waals surface area contributed by atoms with E-state index in [2.05, 4.69) is 9.55 Å². The molecule has 2 aromatic rings. The third-order valence-corrected chi connectivity index (χ3v) is 4.30. The fourth-order valence-corrected chi connectivity index (χ4v) is 3.14. The van der Waals surface area contributed by atoms with E-state index in [1.54, 1.807) is 12.0 Å². The van der Waals surface area contributed by atoms with Crippen LogP contribution in [0, 0.1) is 0 Å². The number of fused-ring (bicyclic) bond motifs is 1. The van der Waals surface area contributed by atoms with Crippen LogP contribution < -0.4 is 4.74 Å². The number of halogens is 1. The Morgan fingerprint density at radius 2 is 2.29 bits per heavy atom. The predicted octanol–water partition coefficient (Wildman–Crippen LogP) is 2.58. The molecule has 0 aliphatic carbocycles. The first-order chi connectivity index (χ1) is 10.1. The van der Waals surface area contributed by atoms with Crippen molar-refractivity contribution in [3.63, 3.8) is 0 Å². The molecule has 21 heavy (non-hydrogen) atoms. The molecule has 1 aromatic carbocycles. The lowest BCUT2D eigenvalue weighted by Gasteiger charge is -2.31. The number of rotatable bonds is 3. The van der Waals surface area contributed by atoms with Crippen LogP contribution >= 0.6 is 11.6 Å². The summed E-state index contributed by atoms with van der Waals surface area (Å²) < 4.78 is 7.47. The molecule has 1 saturated heterocycles. The van der Waals surface area contributed by atoms with Crippen molar-refractivity contribution in [2.45, 2.75) is 24.8 Å². The number of benzene rings is 1. The van der Waals surface area contributed by atoms with Crippen LogP contribution in [0.2, 0.25) is 0 Å². The molecular weight excluding hydrogens is 290 g/mol. The van der Waals surface area contributed by atoms with Gasteiger partial charge in [-0.1, -0.05) is 0 Å². The predicted molar refractivity (Wildman–Crippen MR) is 81.8 cm³/mol. The van der Waals surface area contributed by atoms with E-state index in [4.69, 9.17) is 16.3 Å². The van der Waals surface area contributed by atoms with Crippen molar-refractivity contribution in [2.75, 3.05) is 20.7 Å². The molecule has 0 saturated carbocycles. The quantitative estimate of drug-likeness (QED) is 0.819. The molecular formula is C15H18ClN3O2. The van der Waals surface area contributed by atoms with Crippen LogP contribution in [0.25, 0.3) is 11.0 Å². The average Bonchev–Trinajstić information content (AvgIpc) is 2.87. The molecule has 1 aromatic heterocycles. The number of methoxy groups -OCH3 is 1. The molecule has 1 unspecified atom stereocenters. The van der Waals surface area contributed by atoms with Gasteiger partial charge in [0.2, 0.25) is 5.91 Å². The lowest BCUT2D eigenvalue weighted by Crippen LogP contribution is -2.38. The molecule has 1 fully saturated rings. The zero-order valence-electron chi connectivity index (χ0n) is 12.2. The topological polar surface area (TPSA) is 47.4 Å². The number of hydrogen-bond acceptors (Lipinski definition) is 3. The average molecular weight is 308 g/mol. The first-order valence-electron chi connectivity index (χ1n) is 6.99. The summed E-state index contributed by atoms with van der Waals surface area (Å²) in [5.41, 5.74) is 1.92. The van der Waals surface area contributed by atoms with E-state index in [0.29, 0.717) is 18.8 Å². The summed E-state index contributed by atoms with van der Waals surface area (Å²) in [5.74, 6) is 2.18. The van der Waals surface area contributed by atoms with Gasteiger partial charge in [-0.05, 0) is 18.6 Å². The molecule has 0 N–H and O–H groups in total. The fourth-order valence-electron chi connectivity index (χ4n) is 2.95. The van der Waals surface area contributed by atoms with E-state index in [1.165, 1.54) is 0 Å². The van der Waals surface area contributed by atoms with Gasteiger partial charge in [-0.15, -0.1) is 11.6 Å². The Kier molecular flexibility index (Phi) is 3.76. The van der Waals surface area contributed by atoms with Gasteiger partial charge in [-0.2, -0.15) is 0 Å². The van der Waals surface area contributed by atoms with Gasteiger partial charge in [-0.25, -0.2) is 4.98 Å². The molecule has 1 aliphatic heterocycles. The molecule has 1 amide bonds. The van der Waals surface area contributed by atoms with E-state index in [0.717, 1.165) is 29.0 Å². The first-order valence-corrected chi connectivity index (χ1v) is 7.52. The second-order valence-electron chi connectivity index (χ2n) is 5.35. The number of ether oxygens (including phenoxy) is 1. The highest BCUT2D eigenvalue weighted by atomic mass is 35.5. The summed E-state index contributed by atoms with van der Waals surface area (Å²) >= 11 is 6.07. The van der Waals surface area contributed by atoms with Crippen LogP contribution in [0.3, 0.4) is 0 Å². The van der Waals surface area contributed by atoms with Gasteiger partial charge in [0.1, 0.15) is 11.6 Å². The van der Waals surface area contributed by atoms with Crippen molar-refractivity contribution in [3.05, 3.63) is 24.0 Å². The minimum atomic E-state index is 0.195. The highest BCUT2D eigenvalue weighted by Gasteiger charge is 2.27. The Morgan fingerprint density at radius 1 is 1.48 bits per heavy atom. The molecule has 0 spiro atoms. The number of aromatic nitrogens is 2. The second kappa shape index (κ2) is 5.56. The molecule has 2 heterocycles. The lowest BCUT2D eigenvalue weighted by molar-refractivity contribution is -0.132. The van der Waals surface area contributed by atoms with Crippen LogP contribution in [0.5, 0.6) is 5.75 Å². The Hall–Kier alpha value is -1.75. The smallest absolute Gasteiger partial charge is 0.222 e. The third kappa shape index (κ3) is 2.46. The van der Waals surface area contributed by atoms with Crippen LogP contribution in [0.4, 0.5) is 0 Å². The highest BCUT2D eigenvalue weighted by molar-refractivity contribution is 6.16. The third-order valence-electron chi connectivity index (χ3n) is 4.06. The molecule has 1 atom stereocenters. The molecule has 112 valence electrons. The zero-order valence-corrected chi connectivity index (χ0v) is 12.9. The van der Waals surface area contributed by atoms with E-state index in [1.807, 2.05) is 25.2 Å². The number of carbonyl (C=O) groups excluding carboxylic acids is 1. The van der Waals surface area contributed by atoms with Crippen molar-refractivity contribution in [1.29, 1.82) is 0 Å². The Labute approximate surface area is 128 Å². The maximum absolute atomic E-state index is 11.7. The highest BCUT2D eigenvalue weighted by Crippen LogP contribution is 2.30. The minimum Gasteiger partial charge on any atom is -0.497 e. The number of hydrogen-bond donors (Lipinski definition) is 0. The van der Waals surface area contributed by atoms with Gasteiger partial charge in [0.05, 0.1) is 30.1 Å². The van der Waals surface area contributed by atoms with E-state index < -0.39 is 0 Å². The minimum absolute atomic E-state index is 0.195. The summed E-state index contributed by atoms with van der Waals surface area (Å²) in [7, 11) is 3.49. The maximum Gasteiger partial charge on any atom is 0.222 e. The van der Waals surface area contributed by atoms with Gasteiger partial charge < -0.3 is 14.2 Å². The van der Waals surface area contributed by atoms with Gasteiger partial charge in [0.25, 0.3) is 0 Å². The normalized spacial score (nSPS) is 19.3. The standard InChI is InChI=1S/C15H18ClN3O2/c1-18-9-10(3-6-15(18)20)19-13-7-11(21-2)4-5-12(13)17-14(19)8-16/h4-5,7,10H,3,6,8-9H2,1-2H3. The molecule has 0 bridgehead atoms. The summed E-state index contributed by atoms with van der Waals surface area (Å²) in [6.45, 7) is 0.686. The van der Waals surface area contributed by atoms with E-state index in [-0.39, 0.29) is 11.9 Å². The van der Waals surface area contributed by atoms with Crippen molar-refractivity contribution in [1.82, 2.24) is 14.5 Å². The van der Waals surface area contributed by atoms with Crippen molar-refractivity contribution in [2.24, 2.45) is 0 Å². The van der Waals surface area contributed by atoms with Crippen molar-refractivity contribution < 1.29 is 9.53 Å². The first kappa shape index (κ1) is 14.2. The number of likely N-dealkylation sites (tertiary alicyclic amines) is 1. The number of carbonyl (C=O) groups is 1. The number of imidazole rings is 1. The van der Waals surface area contributed by atoms with Crippen LogP contribution in [0.1, 0.15) is 24.7 Å².